The molecule has 0 radical (unpaired) electrons. The molecule has 2 aromatic rings. The molecule has 29 heavy (non-hydrogen) atoms. The van der Waals surface area contributed by atoms with Crippen molar-refractivity contribution in [3.8, 4) is 5.75 Å². The van der Waals surface area contributed by atoms with E-state index in [1.807, 2.05) is 18.2 Å². The average Bonchev–Trinajstić information content (AvgIpc) is 3.17. The van der Waals surface area contributed by atoms with Crippen LogP contribution in [0.15, 0.2) is 54.6 Å². The van der Waals surface area contributed by atoms with E-state index in [0.29, 0.717) is 24.5 Å². The molecule has 3 N–H and O–H groups in total. The molecule has 1 aliphatic heterocycles. The smallest absolute Gasteiger partial charge is 0.119 e. The first-order valence-electron chi connectivity index (χ1n) is 11.1. The fourth-order valence-corrected chi connectivity index (χ4v) is 4.96. The highest BCUT2D eigenvalue weighted by molar-refractivity contribution is 5.31. The highest BCUT2D eigenvalue weighted by Gasteiger charge is 2.34. The number of nitrogens with two attached hydrogens (primary N) is 1. The number of aliphatic hydroxyl groups is 1. The van der Waals surface area contributed by atoms with Gasteiger partial charge >= 0.3 is 0 Å². The van der Waals surface area contributed by atoms with Crippen molar-refractivity contribution >= 4 is 0 Å². The molecule has 1 aliphatic carbocycles. The van der Waals surface area contributed by atoms with Gasteiger partial charge in [0.25, 0.3) is 0 Å². The Hall–Kier alpha value is -1.88. The second-order valence-corrected chi connectivity index (χ2v) is 8.77. The van der Waals surface area contributed by atoms with Crippen molar-refractivity contribution < 1.29 is 9.84 Å². The van der Waals surface area contributed by atoms with E-state index in [0.717, 1.165) is 51.1 Å². The Morgan fingerprint density at radius 1 is 1.00 bits per heavy atom. The Balaban J connectivity index is 1.45. The quantitative estimate of drug-likeness (QED) is 0.747. The molecule has 4 nitrogen and oxygen atoms in total. The third-order valence-corrected chi connectivity index (χ3v) is 6.62. The molecule has 1 heterocycles. The van der Waals surface area contributed by atoms with Crippen LogP contribution in [0.4, 0.5) is 0 Å². The maximum absolute atomic E-state index is 10.7. The first-order valence-corrected chi connectivity index (χ1v) is 11.1. The minimum Gasteiger partial charge on any atom is -0.489 e. The van der Waals surface area contributed by atoms with E-state index in [-0.39, 0.29) is 6.10 Å². The van der Waals surface area contributed by atoms with Crippen molar-refractivity contribution in [1.82, 2.24) is 4.90 Å². The van der Waals surface area contributed by atoms with E-state index in [9.17, 15) is 5.11 Å². The minimum absolute atomic E-state index is 0.195. The number of aliphatic hydroxyl groups excluding tert-OH is 1. The molecule has 2 fully saturated rings. The normalized spacial score (nSPS) is 26.3. The van der Waals surface area contributed by atoms with Gasteiger partial charge in [0.1, 0.15) is 12.4 Å². The van der Waals surface area contributed by atoms with Gasteiger partial charge in [-0.2, -0.15) is 0 Å². The summed E-state index contributed by atoms with van der Waals surface area (Å²) < 4.78 is 5.96. The van der Waals surface area contributed by atoms with E-state index in [4.69, 9.17) is 10.5 Å². The molecule has 4 heteroatoms. The lowest BCUT2D eigenvalue weighted by Gasteiger charge is -2.36. The summed E-state index contributed by atoms with van der Waals surface area (Å²) in [5, 5.41) is 10.7. The van der Waals surface area contributed by atoms with Gasteiger partial charge in [0.05, 0.1) is 6.10 Å². The largest absolute Gasteiger partial charge is 0.489 e. The van der Waals surface area contributed by atoms with Gasteiger partial charge in [-0.25, -0.2) is 0 Å². The zero-order chi connectivity index (χ0) is 20.1. The van der Waals surface area contributed by atoms with Crippen LogP contribution in [0.3, 0.4) is 0 Å². The molecule has 4 rings (SSSR count). The van der Waals surface area contributed by atoms with Crippen LogP contribution in [-0.4, -0.2) is 41.8 Å². The maximum Gasteiger partial charge on any atom is 0.119 e. The molecule has 0 aromatic heterocycles. The number of likely N-dealkylation sites (tertiary alicyclic amines) is 1. The Morgan fingerprint density at radius 3 is 2.45 bits per heavy atom. The number of benzene rings is 2. The monoisotopic (exact) mass is 394 g/mol. The Bertz CT molecular complexity index is 749. The zero-order valence-electron chi connectivity index (χ0n) is 17.2. The summed E-state index contributed by atoms with van der Waals surface area (Å²) in [5.74, 6) is 1.57. The zero-order valence-corrected chi connectivity index (χ0v) is 17.2. The molecule has 156 valence electrons. The molecule has 4 atom stereocenters. The molecule has 2 aliphatic rings. The second kappa shape index (κ2) is 9.75. The SMILES string of the molecule is N[C@@H]1CCN(CC(c2ccc(OCc3ccccc3)cc2)C2CCCCC2O)C1. The minimum atomic E-state index is -0.195. The van der Waals surface area contributed by atoms with Gasteiger partial charge < -0.3 is 20.5 Å². The molecule has 1 saturated heterocycles. The van der Waals surface area contributed by atoms with Crippen molar-refractivity contribution in [3.05, 3.63) is 65.7 Å². The summed E-state index contributed by atoms with van der Waals surface area (Å²) in [7, 11) is 0. The number of ether oxygens (including phenoxy) is 1. The summed E-state index contributed by atoms with van der Waals surface area (Å²) >= 11 is 0. The van der Waals surface area contributed by atoms with Gasteiger partial charge in [0.15, 0.2) is 0 Å². The van der Waals surface area contributed by atoms with Gasteiger partial charge in [-0.1, -0.05) is 55.3 Å². The van der Waals surface area contributed by atoms with E-state index in [1.165, 1.54) is 17.5 Å². The first kappa shape index (κ1) is 20.4. The third kappa shape index (κ3) is 5.39. The van der Waals surface area contributed by atoms with E-state index in [2.05, 4.69) is 41.3 Å². The van der Waals surface area contributed by atoms with E-state index < -0.39 is 0 Å². The fraction of sp³-hybridized carbons (Fsp3) is 0.520. The third-order valence-electron chi connectivity index (χ3n) is 6.62. The van der Waals surface area contributed by atoms with E-state index >= 15 is 0 Å². The number of hydrogen-bond donors (Lipinski definition) is 2. The van der Waals surface area contributed by atoms with Gasteiger partial charge in [0.2, 0.25) is 0 Å². The van der Waals surface area contributed by atoms with Crippen LogP contribution in [-0.2, 0) is 6.61 Å². The molecule has 0 amide bonds. The maximum atomic E-state index is 10.7. The van der Waals surface area contributed by atoms with Crippen LogP contribution in [0.1, 0.15) is 49.1 Å². The molecule has 2 aromatic carbocycles. The second-order valence-electron chi connectivity index (χ2n) is 8.77. The lowest BCUT2D eigenvalue weighted by Crippen LogP contribution is -2.37. The van der Waals surface area contributed by atoms with Crippen LogP contribution in [0.25, 0.3) is 0 Å². The molecular weight excluding hydrogens is 360 g/mol. The highest BCUT2D eigenvalue weighted by Crippen LogP contribution is 2.38. The predicted octanol–water partition coefficient (Wildman–Crippen LogP) is 3.93. The van der Waals surface area contributed by atoms with Crippen molar-refractivity contribution in [3.63, 3.8) is 0 Å². The molecule has 0 bridgehead atoms. The van der Waals surface area contributed by atoms with Crippen LogP contribution >= 0.6 is 0 Å². The lowest BCUT2D eigenvalue weighted by molar-refractivity contribution is 0.0476. The molecule has 0 spiro atoms. The first-order chi connectivity index (χ1) is 14.2. The van der Waals surface area contributed by atoms with Crippen molar-refractivity contribution in [2.24, 2.45) is 11.7 Å². The summed E-state index contributed by atoms with van der Waals surface area (Å²) in [6.45, 7) is 3.60. The van der Waals surface area contributed by atoms with Crippen LogP contribution in [0, 0.1) is 5.92 Å². The summed E-state index contributed by atoms with van der Waals surface area (Å²) in [5.41, 5.74) is 8.62. The number of rotatable bonds is 7. The van der Waals surface area contributed by atoms with Crippen molar-refractivity contribution in [2.75, 3.05) is 19.6 Å². The average molecular weight is 395 g/mol. The Kier molecular flexibility index (Phi) is 6.86. The summed E-state index contributed by atoms with van der Waals surface area (Å²) in [6.07, 6.45) is 5.28. The van der Waals surface area contributed by atoms with Crippen molar-refractivity contribution in [1.29, 1.82) is 0 Å². The predicted molar refractivity (Wildman–Crippen MR) is 117 cm³/mol. The van der Waals surface area contributed by atoms with Gasteiger partial charge in [-0.05, 0) is 55.0 Å². The standard InChI is InChI=1S/C25H34N2O2/c26-21-14-15-27(16-21)17-24(23-8-4-5-9-25(23)28)20-10-12-22(13-11-20)29-18-19-6-2-1-3-7-19/h1-3,6-7,10-13,21,23-25,28H,4-5,8-9,14-18,26H2/t21-,23?,24?,25?/m1/s1. The van der Waals surface area contributed by atoms with Crippen LogP contribution in [0.2, 0.25) is 0 Å². The Labute approximate surface area is 174 Å². The molecule has 3 unspecified atom stereocenters. The van der Waals surface area contributed by atoms with Crippen LogP contribution in [0.5, 0.6) is 5.75 Å². The van der Waals surface area contributed by atoms with Gasteiger partial charge in [-0.3, -0.25) is 0 Å². The van der Waals surface area contributed by atoms with Gasteiger partial charge in [0, 0.05) is 25.0 Å². The van der Waals surface area contributed by atoms with E-state index in [1.54, 1.807) is 0 Å². The number of nitrogens with zero attached hydrogens (tertiary/aromatic N) is 1. The lowest BCUT2D eigenvalue weighted by atomic mass is 9.74. The number of hydrogen-bond acceptors (Lipinski definition) is 4. The Morgan fingerprint density at radius 2 is 1.76 bits per heavy atom. The van der Waals surface area contributed by atoms with Crippen molar-refractivity contribution in [2.45, 2.75) is 56.8 Å². The summed E-state index contributed by atoms with van der Waals surface area (Å²) in [6, 6.07) is 19.1. The fourth-order valence-electron chi connectivity index (χ4n) is 4.96. The summed E-state index contributed by atoms with van der Waals surface area (Å²) in [4.78, 5) is 2.48. The topological polar surface area (TPSA) is 58.7 Å². The van der Waals surface area contributed by atoms with Crippen LogP contribution < -0.4 is 10.5 Å². The highest BCUT2D eigenvalue weighted by atomic mass is 16.5. The van der Waals surface area contributed by atoms with Gasteiger partial charge in [-0.15, -0.1) is 0 Å². The molecular formula is C25H34N2O2. The molecule has 1 saturated carbocycles.